The summed E-state index contributed by atoms with van der Waals surface area (Å²) in [5, 5.41) is 3.64. The van der Waals surface area contributed by atoms with Crippen molar-refractivity contribution in [3.05, 3.63) is 23.7 Å². The molecule has 0 spiro atoms. The van der Waals surface area contributed by atoms with Crippen molar-refractivity contribution in [1.29, 1.82) is 0 Å². The van der Waals surface area contributed by atoms with E-state index in [0.29, 0.717) is 24.2 Å². The fourth-order valence-electron chi connectivity index (χ4n) is 3.41. The molecule has 1 unspecified atom stereocenters. The molecule has 0 bridgehead atoms. The normalized spacial score (nSPS) is 36.7. The number of hydrogen-bond acceptors (Lipinski definition) is 3. The van der Waals surface area contributed by atoms with Gasteiger partial charge >= 0.3 is 0 Å². The first kappa shape index (κ1) is 15.1. The van der Waals surface area contributed by atoms with Crippen LogP contribution in [0.25, 0.3) is 0 Å². The zero-order valence-electron chi connectivity index (χ0n) is 14.0. The van der Waals surface area contributed by atoms with Crippen LogP contribution in [0, 0.1) is 5.92 Å². The van der Waals surface area contributed by atoms with Crippen molar-refractivity contribution < 1.29 is 9.15 Å². The molecule has 1 N–H and O–H groups in total. The molecule has 0 amide bonds. The Kier molecular flexibility index (Phi) is 3.91. The van der Waals surface area contributed by atoms with E-state index in [4.69, 9.17) is 9.15 Å². The van der Waals surface area contributed by atoms with Crippen LogP contribution in [0.1, 0.15) is 64.9 Å². The molecule has 2 heterocycles. The highest BCUT2D eigenvalue weighted by Gasteiger charge is 2.43. The first-order valence-corrected chi connectivity index (χ1v) is 8.33. The van der Waals surface area contributed by atoms with Gasteiger partial charge in [0.05, 0.1) is 12.2 Å². The Hall–Kier alpha value is -0.800. The lowest BCUT2D eigenvalue weighted by atomic mass is 9.94. The van der Waals surface area contributed by atoms with Gasteiger partial charge in [-0.3, -0.25) is 0 Å². The Labute approximate surface area is 128 Å². The highest BCUT2D eigenvalue weighted by molar-refractivity contribution is 5.21. The minimum atomic E-state index is 0.103. The van der Waals surface area contributed by atoms with E-state index in [1.165, 1.54) is 18.6 Å². The Morgan fingerprint density at radius 3 is 2.62 bits per heavy atom. The molecule has 3 nitrogen and oxygen atoms in total. The van der Waals surface area contributed by atoms with E-state index >= 15 is 0 Å². The van der Waals surface area contributed by atoms with Gasteiger partial charge in [-0.25, -0.2) is 0 Å². The summed E-state index contributed by atoms with van der Waals surface area (Å²) in [5.74, 6) is 3.66. The second-order valence-corrected chi connectivity index (χ2v) is 7.96. The maximum absolute atomic E-state index is 6.08. The van der Waals surface area contributed by atoms with Crippen molar-refractivity contribution in [3.8, 4) is 0 Å². The molecule has 1 aliphatic carbocycles. The van der Waals surface area contributed by atoms with E-state index in [9.17, 15) is 0 Å². The molecule has 5 atom stereocenters. The van der Waals surface area contributed by atoms with Gasteiger partial charge in [0.15, 0.2) is 0 Å². The van der Waals surface area contributed by atoms with Crippen LogP contribution in [-0.4, -0.2) is 24.8 Å². The van der Waals surface area contributed by atoms with Gasteiger partial charge in [0, 0.05) is 23.9 Å². The number of furan rings is 1. The molecule has 2 aliphatic rings. The Balaban J connectivity index is 1.56. The lowest BCUT2D eigenvalue weighted by molar-refractivity contribution is -0.0466. The average Bonchev–Trinajstić information content (AvgIpc) is 2.96. The third kappa shape index (κ3) is 3.35. The van der Waals surface area contributed by atoms with Gasteiger partial charge in [0.25, 0.3) is 0 Å². The van der Waals surface area contributed by atoms with Gasteiger partial charge in [0.1, 0.15) is 11.5 Å². The SMILES string of the molecule is CC1CN[C@H](C[C@@H]2C[C@H]2c2ccc(C(C)(C)C)o2)[C@H](C)O1. The van der Waals surface area contributed by atoms with Gasteiger partial charge in [-0.2, -0.15) is 0 Å². The summed E-state index contributed by atoms with van der Waals surface area (Å²) in [6.45, 7) is 11.9. The predicted octanol–water partition coefficient (Wildman–Crippen LogP) is 3.84. The molecule has 3 rings (SSSR count). The standard InChI is InChI=1S/C18H29NO2/c1-11-10-19-15(12(2)20-11)9-13-8-14(13)16-6-7-17(21-16)18(3,4)5/h6-7,11-15,19H,8-10H2,1-5H3/t11?,12-,13-,14+,15+/m0/s1. The van der Waals surface area contributed by atoms with Crippen LogP contribution >= 0.6 is 0 Å². The van der Waals surface area contributed by atoms with E-state index in [0.717, 1.165) is 18.2 Å². The minimum Gasteiger partial charge on any atom is -0.465 e. The molecule has 0 aromatic carbocycles. The fourth-order valence-corrected chi connectivity index (χ4v) is 3.41. The van der Waals surface area contributed by atoms with Gasteiger partial charge in [-0.1, -0.05) is 20.8 Å². The maximum Gasteiger partial charge on any atom is 0.109 e. The fraction of sp³-hybridized carbons (Fsp3) is 0.778. The summed E-state index contributed by atoms with van der Waals surface area (Å²) in [6, 6.07) is 4.83. The summed E-state index contributed by atoms with van der Waals surface area (Å²) in [7, 11) is 0. The highest BCUT2D eigenvalue weighted by atomic mass is 16.5. The van der Waals surface area contributed by atoms with Gasteiger partial charge in [-0.15, -0.1) is 0 Å². The van der Waals surface area contributed by atoms with Crippen LogP contribution in [0.2, 0.25) is 0 Å². The van der Waals surface area contributed by atoms with Crippen molar-refractivity contribution in [2.75, 3.05) is 6.54 Å². The van der Waals surface area contributed by atoms with Gasteiger partial charge < -0.3 is 14.5 Å². The summed E-state index contributed by atoms with van der Waals surface area (Å²) in [5.41, 5.74) is 0.103. The smallest absolute Gasteiger partial charge is 0.109 e. The number of morpholine rings is 1. The summed E-state index contributed by atoms with van der Waals surface area (Å²) in [4.78, 5) is 0. The average molecular weight is 291 g/mol. The molecule has 1 saturated carbocycles. The van der Waals surface area contributed by atoms with E-state index in [1.807, 2.05) is 0 Å². The third-order valence-electron chi connectivity index (χ3n) is 4.89. The largest absolute Gasteiger partial charge is 0.465 e. The van der Waals surface area contributed by atoms with Crippen LogP contribution in [0.5, 0.6) is 0 Å². The molecule has 1 aromatic heterocycles. The molecule has 0 radical (unpaired) electrons. The molecular weight excluding hydrogens is 262 g/mol. The van der Waals surface area contributed by atoms with Crippen LogP contribution in [0.3, 0.4) is 0 Å². The quantitative estimate of drug-likeness (QED) is 0.919. The predicted molar refractivity (Wildman–Crippen MR) is 84.7 cm³/mol. The van der Waals surface area contributed by atoms with Crippen LogP contribution < -0.4 is 5.32 Å². The van der Waals surface area contributed by atoms with E-state index in [-0.39, 0.29) is 5.41 Å². The Bertz CT molecular complexity index is 488. The molecule has 1 saturated heterocycles. The van der Waals surface area contributed by atoms with Crippen molar-refractivity contribution in [2.24, 2.45) is 5.92 Å². The molecule has 1 aromatic rings. The van der Waals surface area contributed by atoms with Crippen molar-refractivity contribution in [2.45, 2.75) is 77.0 Å². The first-order valence-electron chi connectivity index (χ1n) is 8.33. The molecule has 21 heavy (non-hydrogen) atoms. The van der Waals surface area contributed by atoms with E-state index < -0.39 is 0 Å². The van der Waals surface area contributed by atoms with Gasteiger partial charge in [-0.05, 0) is 44.7 Å². The van der Waals surface area contributed by atoms with E-state index in [1.54, 1.807) is 0 Å². The summed E-state index contributed by atoms with van der Waals surface area (Å²) >= 11 is 0. The topological polar surface area (TPSA) is 34.4 Å². The van der Waals surface area contributed by atoms with Gasteiger partial charge in [0.2, 0.25) is 0 Å². The number of hydrogen-bond donors (Lipinski definition) is 1. The second kappa shape index (κ2) is 5.44. The summed E-state index contributed by atoms with van der Waals surface area (Å²) < 4.78 is 12.0. The zero-order valence-corrected chi connectivity index (χ0v) is 14.0. The van der Waals surface area contributed by atoms with Crippen molar-refractivity contribution in [1.82, 2.24) is 5.32 Å². The molecular formula is C18H29NO2. The van der Waals surface area contributed by atoms with Crippen molar-refractivity contribution >= 4 is 0 Å². The zero-order chi connectivity index (χ0) is 15.2. The lowest BCUT2D eigenvalue weighted by Crippen LogP contribution is -2.50. The number of nitrogens with one attached hydrogen (secondary N) is 1. The monoisotopic (exact) mass is 291 g/mol. The Morgan fingerprint density at radius 1 is 1.24 bits per heavy atom. The van der Waals surface area contributed by atoms with Crippen LogP contribution in [0.4, 0.5) is 0 Å². The third-order valence-corrected chi connectivity index (χ3v) is 4.89. The molecule has 2 fully saturated rings. The van der Waals surface area contributed by atoms with E-state index in [2.05, 4.69) is 52.1 Å². The maximum atomic E-state index is 6.08. The van der Waals surface area contributed by atoms with Crippen molar-refractivity contribution in [3.63, 3.8) is 0 Å². The lowest BCUT2D eigenvalue weighted by Gasteiger charge is -2.34. The molecule has 3 heteroatoms. The van der Waals surface area contributed by atoms with Crippen LogP contribution in [0.15, 0.2) is 16.5 Å². The first-order chi connectivity index (χ1) is 9.84. The molecule has 1 aliphatic heterocycles. The molecule has 118 valence electrons. The number of rotatable bonds is 3. The second-order valence-electron chi connectivity index (χ2n) is 7.96. The highest BCUT2D eigenvalue weighted by Crippen LogP contribution is 2.51. The summed E-state index contributed by atoms with van der Waals surface area (Å²) in [6.07, 6.45) is 3.11. The van der Waals surface area contributed by atoms with Crippen LogP contribution in [-0.2, 0) is 10.2 Å². The minimum absolute atomic E-state index is 0.103. The Morgan fingerprint density at radius 2 is 2.00 bits per heavy atom. The number of ether oxygens (including phenoxy) is 1.